The molecule has 0 unspecified atom stereocenters. The van der Waals surface area contributed by atoms with Crippen molar-refractivity contribution >= 4 is 5.97 Å². The molecule has 0 bridgehead atoms. The minimum absolute atomic E-state index is 0.105. The van der Waals surface area contributed by atoms with Gasteiger partial charge in [-0.3, -0.25) is 4.57 Å². The molecule has 3 rings (SSSR count). The molecule has 0 aromatic carbocycles. The van der Waals surface area contributed by atoms with Crippen molar-refractivity contribution in [1.82, 2.24) is 24.1 Å². The van der Waals surface area contributed by atoms with E-state index in [1.54, 1.807) is 41.6 Å². The topological polar surface area (TPSA) is 74.8 Å². The Morgan fingerprint density at radius 1 is 1.17 bits per heavy atom. The van der Waals surface area contributed by atoms with Gasteiger partial charge in [0.05, 0.1) is 5.56 Å². The number of pyridine rings is 1. The quantitative estimate of drug-likeness (QED) is 0.674. The van der Waals surface area contributed by atoms with E-state index in [-0.39, 0.29) is 5.92 Å². The lowest BCUT2D eigenvalue weighted by atomic mass is 10.1. The van der Waals surface area contributed by atoms with E-state index in [0.29, 0.717) is 11.4 Å². The Morgan fingerprint density at radius 3 is 2.54 bits per heavy atom. The molecule has 7 heteroatoms. The fraction of sp³-hybridized carbons (Fsp3) is 0.294. The number of aryl methyl sites for hydroxylation is 1. The Kier molecular flexibility index (Phi) is 4.41. The Labute approximate surface area is 140 Å². The van der Waals surface area contributed by atoms with Crippen LogP contribution in [0.15, 0.2) is 49.4 Å². The van der Waals surface area contributed by atoms with Crippen molar-refractivity contribution in [2.75, 3.05) is 0 Å². The fourth-order valence-corrected chi connectivity index (χ4v) is 2.38. The number of hydrogen-bond acceptors (Lipinski definition) is 5. The van der Waals surface area contributed by atoms with E-state index in [2.05, 4.69) is 15.0 Å². The van der Waals surface area contributed by atoms with E-state index >= 15 is 0 Å². The van der Waals surface area contributed by atoms with Crippen molar-refractivity contribution in [2.24, 2.45) is 13.0 Å². The molecule has 0 aliphatic rings. The second-order valence-electron chi connectivity index (χ2n) is 5.84. The first kappa shape index (κ1) is 15.9. The second kappa shape index (κ2) is 6.66. The molecule has 3 aromatic rings. The van der Waals surface area contributed by atoms with Gasteiger partial charge >= 0.3 is 5.97 Å². The van der Waals surface area contributed by atoms with Crippen molar-refractivity contribution in [3.05, 3.63) is 60.8 Å². The Bertz CT molecular complexity index is 806. The molecule has 0 spiro atoms. The van der Waals surface area contributed by atoms with Crippen molar-refractivity contribution < 1.29 is 9.53 Å². The Hall–Kier alpha value is -2.96. The number of nitrogens with zero attached hydrogens (tertiary/aromatic N) is 5. The SMILES string of the molecule is CC(C)[C@@H](OC(=O)c1ccc(-n2ccnc2)nc1)c1nccn1C. The van der Waals surface area contributed by atoms with Crippen molar-refractivity contribution in [2.45, 2.75) is 20.0 Å². The summed E-state index contributed by atoms with van der Waals surface area (Å²) in [5.74, 6) is 1.10. The molecule has 0 N–H and O–H groups in total. The molecule has 3 aromatic heterocycles. The highest BCUT2D eigenvalue weighted by Gasteiger charge is 2.25. The Morgan fingerprint density at radius 2 is 2.00 bits per heavy atom. The zero-order chi connectivity index (χ0) is 17.1. The zero-order valence-corrected chi connectivity index (χ0v) is 13.8. The first-order valence-electron chi connectivity index (χ1n) is 7.69. The monoisotopic (exact) mass is 325 g/mol. The normalized spacial score (nSPS) is 12.3. The average molecular weight is 325 g/mol. The summed E-state index contributed by atoms with van der Waals surface area (Å²) >= 11 is 0. The zero-order valence-electron chi connectivity index (χ0n) is 13.8. The smallest absolute Gasteiger partial charge is 0.340 e. The van der Waals surface area contributed by atoms with Gasteiger partial charge in [0.2, 0.25) is 0 Å². The third-order valence-electron chi connectivity index (χ3n) is 3.70. The summed E-state index contributed by atoms with van der Waals surface area (Å²) in [4.78, 5) is 25.0. The maximum absolute atomic E-state index is 12.4. The maximum Gasteiger partial charge on any atom is 0.340 e. The molecular weight excluding hydrogens is 306 g/mol. The van der Waals surface area contributed by atoms with Gasteiger partial charge in [0, 0.05) is 38.0 Å². The van der Waals surface area contributed by atoms with Gasteiger partial charge in [-0.05, 0) is 18.1 Å². The van der Waals surface area contributed by atoms with E-state index in [0.717, 1.165) is 5.82 Å². The van der Waals surface area contributed by atoms with Crippen LogP contribution in [0.25, 0.3) is 5.82 Å². The molecule has 0 amide bonds. The first-order valence-corrected chi connectivity index (χ1v) is 7.69. The van der Waals surface area contributed by atoms with E-state index in [1.165, 1.54) is 6.20 Å². The average Bonchev–Trinajstić information content (AvgIpc) is 3.24. The molecule has 7 nitrogen and oxygen atoms in total. The van der Waals surface area contributed by atoms with Gasteiger partial charge in [0.25, 0.3) is 0 Å². The molecule has 3 heterocycles. The number of aromatic nitrogens is 5. The van der Waals surface area contributed by atoms with E-state index in [1.807, 2.05) is 31.7 Å². The number of rotatable bonds is 5. The number of hydrogen-bond donors (Lipinski definition) is 0. The van der Waals surface area contributed by atoms with E-state index in [4.69, 9.17) is 4.74 Å². The molecule has 1 atom stereocenters. The highest BCUT2D eigenvalue weighted by molar-refractivity contribution is 5.89. The summed E-state index contributed by atoms with van der Waals surface area (Å²) in [7, 11) is 1.88. The van der Waals surface area contributed by atoms with Gasteiger partial charge in [-0.25, -0.2) is 19.7 Å². The first-order chi connectivity index (χ1) is 11.6. The summed E-state index contributed by atoms with van der Waals surface area (Å²) in [5.41, 5.74) is 0.402. The van der Waals surface area contributed by atoms with Crippen molar-refractivity contribution in [3.63, 3.8) is 0 Å². The minimum atomic E-state index is -0.415. The van der Waals surface area contributed by atoms with Gasteiger partial charge in [0.1, 0.15) is 18.0 Å². The number of ether oxygens (including phenoxy) is 1. The molecule has 0 radical (unpaired) electrons. The van der Waals surface area contributed by atoms with Crippen LogP contribution in [0.5, 0.6) is 0 Å². The summed E-state index contributed by atoms with van der Waals surface area (Å²) in [6.07, 6.45) is 9.73. The van der Waals surface area contributed by atoms with Crippen LogP contribution >= 0.6 is 0 Å². The maximum atomic E-state index is 12.4. The number of carbonyl (C=O) groups is 1. The van der Waals surface area contributed by atoms with Gasteiger partial charge in [-0.2, -0.15) is 0 Å². The van der Waals surface area contributed by atoms with Crippen LogP contribution in [-0.2, 0) is 11.8 Å². The standard InChI is InChI=1S/C17H19N5O2/c1-12(2)15(16-19-7-8-21(16)3)24-17(23)13-4-5-14(20-10-13)22-9-6-18-11-22/h4-12,15H,1-3H3/t15-/m1/s1. The lowest BCUT2D eigenvalue weighted by molar-refractivity contribution is 0.0141. The highest BCUT2D eigenvalue weighted by Crippen LogP contribution is 2.25. The molecule has 24 heavy (non-hydrogen) atoms. The number of imidazole rings is 2. The number of esters is 1. The largest absolute Gasteiger partial charge is 0.450 e. The lowest BCUT2D eigenvalue weighted by Gasteiger charge is -2.21. The minimum Gasteiger partial charge on any atom is -0.450 e. The third kappa shape index (κ3) is 3.19. The van der Waals surface area contributed by atoms with Crippen LogP contribution in [0.2, 0.25) is 0 Å². The van der Waals surface area contributed by atoms with Crippen LogP contribution in [-0.4, -0.2) is 30.1 Å². The summed E-state index contributed by atoms with van der Waals surface area (Å²) in [6.45, 7) is 3.99. The van der Waals surface area contributed by atoms with Crippen molar-refractivity contribution in [3.8, 4) is 5.82 Å². The van der Waals surface area contributed by atoms with Crippen LogP contribution < -0.4 is 0 Å². The summed E-state index contributed by atoms with van der Waals surface area (Å²) < 4.78 is 9.30. The molecular formula is C17H19N5O2. The molecule has 0 aliphatic heterocycles. The molecule has 0 saturated heterocycles. The molecule has 0 fully saturated rings. The summed E-state index contributed by atoms with van der Waals surface area (Å²) in [6, 6.07) is 3.45. The molecule has 124 valence electrons. The van der Waals surface area contributed by atoms with E-state index < -0.39 is 12.1 Å². The number of carbonyl (C=O) groups excluding carboxylic acids is 1. The predicted octanol–water partition coefficient (Wildman–Crippen LogP) is 2.55. The highest BCUT2D eigenvalue weighted by atomic mass is 16.5. The lowest BCUT2D eigenvalue weighted by Crippen LogP contribution is -2.19. The predicted molar refractivity (Wildman–Crippen MR) is 87.6 cm³/mol. The van der Waals surface area contributed by atoms with Crippen LogP contribution in [0.1, 0.15) is 36.1 Å². The van der Waals surface area contributed by atoms with E-state index in [9.17, 15) is 4.79 Å². The second-order valence-corrected chi connectivity index (χ2v) is 5.84. The van der Waals surface area contributed by atoms with Gasteiger partial charge in [0.15, 0.2) is 6.10 Å². The van der Waals surface area contributed by atoms with Gasteiger partial charge in [-0.1, -0.05) is 13.8 Å². The van der Waals surface area contributed by atoms with Gasteiger partial charge in [-0.15, -0.1) is 0 Å². The Balaban J connectivity index is 1.77. The van der Waals surface area contributed by atoms with Gasteiger partial charge < -0.3 is 9.30 Å². The fourth-order valence-electron chi connectivity index (χ4n) is 2.38. The van der Waals surface area contributed by atoms with Crippen LogP contribution in [0, 0.1) is 5.92 Å². The molecule has 0 saturated carbocycles. The third-order valence-corrected chi connectivity index (χ3v) is 3.70. The van der Waals surface area contributed by atoms with Crippen molar-refractivity contribution in [1.29, 1.82) is 0 Å². The van der Waals surface area contributed by atoms with Crippen LogP contribution in [0.3, 0.4) is 0 Å². The summed E-state index contributed by atoms with van der Waals surface area (Å²) in [5, 5.41) is 0. The molecule has 0 aliphatic carbocycles. The van der Waals surface area contributed by atoms with Crippen LogP contribution in [0.4, 0.5) is 0 Å².